The summed E-state index contributed by atoms with van der Waals surface area (Å²) >= 11 is 3.49. The van der Waals surface area contributed by atoms with Crippen LogP contribution in [0.1, 0.15) is 207 Å². The van der Waals surface area contributed by atoms with E-state index < -0.39 is 252 Å². The smallest absolute Gasteiger partial charge is 0.303 e. The monoisotopic (exact) mass is 2060 g/mol. The Balaban J connectivity index is 1.34. The molecule has 2 aromatic carbocycles. The first-order valence-corrected chi connectivity index (χ1v) is 51.7. The van der Waals surface area contributed by atoms with Gasteiger partial charge in [0.15, 0.2) is 5.96 Å². The van der Waals surface area contributed by atoms with Gasteiger partial charge in [-0.2, -0.15) is 0 Å². The van der Waals surface area contributed by atoms with Crippen LogP contribution in [0.5, 0.6) is 0 Å². The van der Waals surface area contributed by atoms with Gasteiger partial charge in [-0.1, -0.05) is 127 Å². The van der Waals surface area contributed by atoms with E-state index in [9.17, 15) is 67.7 Å². The summed E-state index contributed by atoms with van der Waals surface area (Å²) in [5, 5.41) is 66.2. The van der Waals surface area contributed by atoms with Crippen molar-refractivity contribution in [3.63, 3.8) is 0 Å². The third kappa shape index (κ3) is 36.3. The van der Waals surface area contributed by atoms with Crippen molar-refractivity contribution in [3.8, 4) is 0 Å². The molecule has 5 heterocycles. The summed E-state index contributed by atoms with van der Waals surface area (Å²) in [5.74, 6) is -18.1. The van der Waals surface area contributed by atoms with Gasteiger partial charge >= 0.3 is 5.97 Å². The molecule has 2 aromatic rings. The lowest BCUT2D eigenvalue weighted by Gasteiger charge is -2.33. The molecule has 0 aromatic heterocycles. The molecule has 47 heteroatoms. The summed E-state index contributed by atoms with van der Waals surface area (Å²) in [6, 6.07) is -9.07. The average Bonchev–Trinajstić information content (AvgIpc) is 1.65. The van der Waals surface area contributed by atoms with Gasteiger partial charge in [-0.15, -0.1) is 0 Å². The molecule has 0 aliphatic carbocycles. The summed E-state index contributed by atoms with van der Waals surface area (Å²) in [4.78, 5) is 282. The highest BCUT2D eigenvalue weighted by Gasteiger charge is 2.48. The molecular formula is C93H144BrN23O21S2. The van der Waals surface area contributed by atoms with E-state index >= 15 is 33.6 Å². The second-order valence-corrected chi connectivity index (χ2v) is 40.4. The van der Waals surface area contributed by atoms with Gasteiger partial charge in [-0.05, 0) is 184 Å². The zero-order valence-electron chi connectivity index (χ0n) is 80.9. The molecule has 44 nitrogen and oxygen atoms in total. The highest BCUT2D eigenvalue weighted by molar-refractivity contribution is 9.10. The maximum atomic E-state index is 15.7. The SMILES string of the molecule is CCCC[C@@H]1NC(=O)[C@H](CCCCN)NC(=O)[C@H](CCCNC(=N)N)NC(=O)[C@H](CC(C)C)NC(=O)C(NC(=O)[C@H](Cc2cccc(Br)c2)NC(=O)[C@@H]2CCCN2C(=O)[C@@H](NC(C)=O)C(C)C)CCSSC[C@@H](C(=O)NC(CCCCN)C(=O)N2CCC[C@H]2C(=O)N2CCC[C@H]2C(=O)N[C@@H](CCC(=O)O)C(N)=O)NC(=O)[C@H](Cc2ccccc2)NC(=O)[C@H](CO)NC(=O)C(C)NC(=O)[C@@H]2CCCN2C1=O. The van der Waals surface area contributed by atoms with Crippen molar-refractivity contribution in [1.29, 1.82) is 5.41 Å². The second kappa shape index (κ2) is 58.8. The largest absolute Gasteiger partial charge is 0.481 e. The van der Waals surface area contributed by atoms with Crippen molar-refractivity contribution in [2.24, 2.45) is 34.8 Å². The van der Waals surface area contributed by atoms with Crippen LogP contribution in [0.25, 0.3) is 0 Å². The lowest BCUT2D eigenvalue weighted by Crippen LogP contribution is -2.61. The van der Waals surface area contributed by atoms with Gasteiger partial charge in [0.25, 0.3) is 0 Å². The molecule has 17 atom stereocenters. The Morgan fingerprint density at radius 2 is 1.10 bits per heavy atom. The highest BCUT2D eigenvalue weighted by Crippen LogP contribution is 2.30. The third-order valence-corrected chi connectivity index (χ3v) is 28.0. The van der Waals surface area contributed by atoms with Crippen LogP contribution >= 0.6 is 37.5 Å². The number of aliphatic hydroxyl groups excluding tert-OH is 1. The number of likely N-dealkylation sites (tertiary alicyclic amines) is 3. The van der Waals surface area contributed by atoms with E-state index in [1.54, 1.807) is 82.3 Å². The molecule has 0 saturated carbocycles. The zero-order chi connectivity index (χ0) is 103. The number of benzene rings is 2. The Hall–Kier alpha value is -11.3. The highest BCUT2D eigenvalue weighted by atomic mass is 79.9. The topological polar surface area (TPSA) is 674 Å². The predicted molar refractivity (Wildman–Crippen MR) is 525 cm³/mol. The first kappa shape index (κ1) is 116. The van der Waals surface area contributed by atoms with Gasteiger partial charge < -0.3 is 127 Å². The third-order valence-electron chi connectivity index (χ3n) is 25.0. The normalized spacial score (nSPS) is 24.1. The number of guanidine groups is 1. The molecule has 0 radical (unpaired) electrons. The fourth-order valence-electron chi connectivity index (χ4n) is 17.5. The van der Waals surface area contributed by atoms with E-state index in [2.05, 4.69) is 90.4 Å². The minimum Gasteiger partial charge on any atom is -0.481 e. The standard InChI is InChI=1S/C93H144BrN23O21S2/c1-8-9-27-63-89(135)114-41-19-31-70(114)86(132)101-54(6)77(123)112-68(50-118)84(130)110-66(48-56-23-11-10-12-24-56)83(129)113-69(85(131)108-64(29-14-16-39-96)90(136)117-44-22-34-73(117)91(137)115-42-20-32-71(115)87(133)103-59(76(97)122)35-36-74(120)121)51-140-139-45-37-62(80(126)109-65(46-52(2)3)81(127)105-61(30-18-40-100-93(98)99)78(124)104-60(79(125)107-63)28-13-15-38-95)106-82(128)67(49-57-25-17-26-58(94)47-57)111-88(134)72-33-21-43-116(72)92(138)75(53(4)5)102-55(7)119/h10-12,17,23-26,47,52-54,59-73,75,118H,8-9,13-16,18-22,27-46,48-51,95-96H2,1-7H3,(H2,97,122)(H,101,132)(H,102,119)(H,103,133)(H,104,124)(H,105,127)(H,106,128)(H,107,125)(H,108,131)(H,109,126)(H,110,130)(H,111,134)(H,112,123)(H,113,129)(H,120,121)(H4,98,99,100)/t54?,59-,60-,61-,62?,63-,64?,65-,66-,67-,68-,69-,70-,71-,72-,73-,75-/m0/s1. The summed E-state index contributed by atoms with van der Waals surface area (Å²) < 4.78 is 0.591. The van der Waals surface area contributed by atoms with Gasteiger partial charge in [0.2, 0.25) is 106 Å². The molecule has 25 N–H and O–H groups in total. The number of carboxylic acid groups (broad SMARTS) is 1. The van der Waals surface area contributed by atoms with E-state index in [1.165, 1.54) is 33.4 Å². The fraction of sp³-hybridized carbons (Fsp3) is 0.656. The maximum absolute atomic E-state index is 15.7. The molecule has 5 aliphatic heterocycles. The lowest BCUT2D eigenvalue weighted by atomic mass is 10.0. The van der Waals surface area contributed by atoms with Crippen molar-refractivity contribution < 1.29 is 101 Å². The molecular weight excluding hydrogens is 1920 g/mol. The number of nitrogens with one attached hydrogen (secondary N) is 15. The number of carboxylic acids is 1. The number of unbranched alkanes of at least 4 members (excludes halogenated alkanes) is 3. The van der Waals surface area contributed by atoms with E-state index in [1.807, 2.05) is 6.92 Å². The minimum atomic E-state index is -1.83. The van der Waals surface area contributed by atoms with Crippen LogP contribution in [-0.4, -0.2) is 315 Å². The van der Waals surface area contributed by atoms with Crippen LogP contribution < -0.4 is 97.4 Å². The molecule has 5 saturated heterocycles. The average molecular weight is 2060 g/mol. The molecule has 18 amide bonds. The van der Waals surface area contributed by atoms with E-state index in [4.69, 9.17) is 28.3 Å². The number of nitrogens with two attached hydrogens (primary N) is 4. The molecule has 140 heavy (non-hydrogen) atoms. The first-order valence-electron chi connectivity index (χ1n) is 48.5. The second-order valence-electron chi connectivity index (χ2n) is 36.8. The minimum absolute atomic E-state index is 0.00636. The number of fused-ring (bicyclic) bond motifs is 1. The van der Waals surface area contributed by atoms with Gasteiger partial charge in [-0.25, -0.2) is 0 Å². The summed E-state index contributed by atoms with van der Waals surface area (Å²) in [7, 11) is 1.95. The van der Waals surface area contributed by atoms with Crippen LogP contribution in [0.2, 0.25) is 0 Å². The molecule has 5 fully saturated rings. The quantitative estimate of drug-likeness (QED) is 0.0150. The molecule has 0 spiro atoms. The molecule has 5 aliphatic rings. The van der Waals surface area contributed by atoms with Gasteiger partial charge in [0, 0.05) is 74.9 Å². The fourth-order valence-corrected chi connectivity index (χ4v) is 20.2. The van der Waals surface area contributed by atoms with Gasteiger partial charge in [0.1, 0.15) is 103 Å². The number of halogens is 1. The number of nitrogens with zero attached hydrogens (tertiary/aromatic N) is 4. The van der Waals surface area contributed by atoms with E-state index in [0.717, 1.165) is 21.6 Å². The number of rotatable bonds is 39. The number of amides is 18. The van der Waals surface area contributed by atoms with Crippen LogP contribution in [-0.2, 0) is 104 Å². The first-order chi connectivity index (χ1) is 66.7. The van der Waals surface area contributed by atoms with Crippen LogP contribution in [0.4, 0.5) is 0 Å². The predicted octanol–water partition coefficient (Wildman–Crippen LogP) is -1.92. The lowest BCUT2D eigenvalue weighted by molar-refractivity contribution is -0.148. The van der Waals surface area contributed by atoms with Crippen LogP contribution in [0.3, 0.4) is 0 Å². The van der Waals surface area contributed by atoms with Crippen molar-refractivity contribution in [2.75, 3.05) is 63.9 Å². The van der Waals surface area contributed by atoms with Crippen LogP contribution in [0.15, 0.2) is 59.1 Å². The van der Waals surface area contributed by atoms with Crippen LogP contribution in [0, 0.1) is 17.2 Å². The number of aliphatic hydroxyl groups is 1. The molecule has 3 unspecified atom stereocenters. The molecule has 0 bridgehead atoms. The molecule has 776 valence electrons. The number of carbonyl (C=O) groups excluding carboxylic acids is 18. The van der Waals surface area contributed by atoms with E-state index in [-0.39, 0.29) is 161 Å². The van der Waals surface area contributed by atoms with E-state index in [0.29, 0.717) is 60.5 Å². The van der Waals surface area contributed by atoms with Crippen molar-refractivity contribution in [1.82, 2.24) is 94.0 Å². The number of carbonyl (C=O) groups is 19. The van der Waals surface area contributed by atoms with Gasteiger partial charge in [-0.3, -0.25) is 96.5 Å². The number of hydrogen-bond acceptors (Lipinski definition) is 25. The number of hydrogen-bond donors (Lipinski definition) is 21. The zero-order valence-corrected chi connectivity index (χ0v) is 84.1. The number of aliphatic carboxylic acids is 1. The Morgan fingerprint density at radius 3 is 1.71 bits per heavy atom. The van der Waals surface area contributed by atoms with Crippen molar-refractivity contribution in [2.45, 2.75) is 312 Å². The summed E-state index contributed by atoms with van der Waals surface area (Å²) in [6.07, 6.45) is 1.95. The summed E-state index contributed by atoms with van der Waals surface area (Å²) in [6.45, 7) is 10.8. The Kier molecular flexibility index (Phi) is 48.6. The van der Waals surface area contributed by atoms with Gasteiger partial charge in [0.05, 0.1) is 6.61 Å². The number of primary amides is 1. The maximum Gasteiger partial charge on any atom is 0.303 e. The van der Waals surface area contributed by atoms with Crippen molar-refractivity contribution >= 4 is 156 Å². The summed E-state index contributed by atoms with van der Waals surface area (Å²) in [5.41, 5.74) is 24.2. The Bertz CT molecular complexity index is 4620. The molecule has 7 rings (SSSR count). The van der Waals surface area contributed by atoms with Crippen molar-refractivity contribution in [3.05, 3.63) is 70.2 Å². The Labute approximate surface area is 832 Å². The Morgan fingerprint density at radius 1 is 0.550 bits per heavy atom.